The van der Waals surface area contributed by atoms with Gasteiger partial charge in [0, 0.05) is 22.9 Å². The first-order chi connectivity index (χ1) is 13.2. The molecule has 136 valence electrons. The van der Waals surface area contributed by atoms with E-state index in [1.165, 1.54) is 12.8 Å². The highest BCUT2D eigenvalue weighted by Crippen LogP contribution is 2.21. The highest BCUT2D eigenvalue weighted by Gasteiger charge is 2.18. The third kappa shape index (κ3) is 3.85. The maximum Gasteiger partial charge on any atom is 0.256 e. The Morgan fingerprint density at radius 3 is 2.26 bits per heavy atom. The van der Waals surface area contributed by atoms with E-state index in [0.29, 0.717) is 22.9 Å². The highest BCUT2D eigenvalue weighted by atomic mass is 16.2. The van der Waals surface area contributed by atoms with Crippen LogP contribution in [0.4, 0.5) is 5.69 Å². The molecule has 0 saturated heterocycles. The van der Waals surface area contributed by atoms with E-state index < -0.39 is 0 Å². The van der Waals surface area contributed by atoms with E-state index in [4.69, 9.17) is 0 Å². The first-order valence-corrected chi connectivity index (χ1v) is 9.41. The van der Waals surface area contributed by atoms with E-state index >= 15 is 0 Å². The lowest BCUT2D eigenvalue weighted by atomic mass is 10.0. The van der Waals surface area contributed by atoms with Gasteiger partial charge in [0.1, 0.15) is 0 Å². The maximum atomic E-state index is 12.7. The van der Waals surface area contributed by atoms with Crippen molar-refractivity contribution in [3.8, 4) is 0 Å². The zero-order chi connectivity index (χ0) is 18.6. The molecule has 0 spiro atoms. The molecule has 4 rings (SSSR count). The third-order valence-corrected chi connectivity index (χ3v) is 5.13. The van der Waals surface area contributed by atoms with E-state index in [2.05, 4.69) is 10.6 Å². The van der Waals surface area contributed by atoms with Crippen LogP contribution in [-0.2, 0) is 0 Å². The standard InChI is InChI=1S/C23H22N2O2/c26-22(24-18-8-2-3-9-18)17-12-14-19(15-13-17)25-23(27)21-11-5-7-16-6-1-4-10-20(16)21/h1,4-7,10-15,18H,2-3,8-9H2,(H,24,26)(H,25,27). The number of amides is 2. The van der Waals surface area contributed by atoms with Crippen molar-refractivity contribution in [2.24, 2.45) is 0 Å². The fourth-order valence-corrected chi connectivity index (χ4v) is 3.67. The summed E-state index contributed by atoms with van der Waals surface area (Å²) in [5.74, 6) is -0.205. The number of carbonyl (C=O) groups excluding carboxylic acids is 2. The fourth-order valence-electron chi connectivity index (χ4n) is 3.67. The second-order valence-corrected chi connectivity index (χ2v) is 7.01. The van der Waals surface area contributed by atoms with Gasteiger partial charge < -0.3 is 10.6 Å². The molecule has 0 radical (unpaired) electrons. The lowest BCUT2D eigenvalue weighted by Crippen LogP contribution is -2.32. The molecule has 4 nitrogen and oxygen atoms in total. The molecule has 1 fully saturated rings. The maximum absolute atomic E-state index is 12.7. The van der Waals surface area contributed by atoms with Gasteiger partial charge in [0.2, 0.25) is 0 Å². The number of carbonyl (C=O) groups is 2. The Kier molecular flexibility index (Phi) is 4.88. The Balaban J connectivity index is 1.46. The molecule has 2 N–H and O–H groups in total. The minimum atomic E-state index is -0.157. The third-order valence-electron chi connectivity index (χ3n) is 5.13. The molecule has 2 amide bonds. The minimum Gasteiger partial charge on any atom is -0.349 e. The van der Waals surface area contributed by atoms with Gasteiger partial charge in [-0.05, 0) is 53.9 Å². The van der Waals surface area contributed by atoms with Gasteiger partial charge in [-0.15, -0.1) is 0 Å². The Hall–Kier alpha value is -3.14. The largest absolute Gasteiger partial charge is 0.349 e. The Labute approximate surface area is 158 Å². The summed E-state index contributed by atoms with van der Waals surface area (Å²) in [6, 6.07) is 20.9. The Bertz CT molecular complexity index is 968. The number of rotatable bonds is 4. The van der Waals surface area contributed by atoms with Gasteiger partial charge >= 0.3 is 0 Å². The van der Waals surface area contributed by atoms with Gasteiger partial charge in [-0.2, -0.15) is 0 Å². The van der Waals surface area contributed by atoms with Crippen LogP contribution in [0.25, 0.3) is 10.8 Å². The predicted molar refractivity (Wildman–Crippen MR) is 108 cm³/mol. The average Bonchev–Trinajstić information content (AvgIpc) is 3.21. The van der Waals surface area contributed by atoms with Crippen molar-refractivity contribution in [3.63, 3.8) is 0 Å². The number of anilines is 1. The second-order valence-electron chi connectivity index (χ2n) is 7.01. The van der Waals surface area contributed by atoms with Crippen molar-refractivity contribution < 1.29 is 9.59 Å². The van der Waals surface area contributed by atoms with Crippen molar-refractivity contribution in [3.05, 3.63) is 77.9 Å². The van der Waals surface area contributed by atoms with Crippen LogP contribution in [0.2, 0.25) is 0 Å². The van der Waals surface area contributed by atoms with Crippen LogP contribution in [0.1, 0.15) is 46.4 Å². The second kappa shape index (κ2) is 7.62. The van der Waals surface area contributed by atoms with Gasteiger partial charge in [-0.25, -0.2) is 0 Å². The van der Waals surface area contributed by atoms with Gasteiger partial charge in [0.25, 0.3) is 11.8 Å². The molecular weight excluding hydrogens is 336 g/mol. The van der Waals surface area contributed by atoms with Gasteiger partial charge in [-0.3, -0.25) is 9.59 Å². The topological polar surface area (TPSA) is 58.2 Å². The van der Waals surface area contributed by atoms with Crippen LogP contribution in [0.15, 0.2) is 66.7 Å². The summed E-state index contributed by atoms with van der Waals surface area (Å²) in [6.07, 6.45) is 4.49. The molecule has 0 unspecified atom stereocenters. The van der Waals surface area contributed by atoms with Crippen molar-refractivity contribution in [1.29, 1.82) is 0 Å². The van der Waals surface area contributed by atoms with E-state index in [1.54, 1.807) is 24.3 Å². The number of nitrogens with one attached hydrogen (secondary N) is 2. The molecule has 0 bridgehead atoms. The molecule has 3 aromatic carbocycles. The quantitative estimate of drug-likeness (QED) is 0.706. The molecule has 1 aliphatic rings. The number of hydrogen-bond acceptors (Lipinski definition) is 2. The van der Waals surface area contributed by atoms with Crippen LogP contribution in [0, 0.1) is 0 Å². The van der Waals surface area contributed by atoms with E-state index in [-0.39, 0.29) is 11.8 Å². The normalized spacial score (nSPS) is 14.2. The van der Waals surface area contributed by atoms with E-state index in [1.807, 2.05) is 42.5 Å². The van der Waals surface area contributed by atoms with Gasteiger partial charge in [0.15, 0.2) is 0 Å². The number of fused-ring (bicyclic) bond motifs is 1. The predicted octanol–water partition coefficient (Wildman–Crippen LogP) is 4.76. The molecule has 4 heteroatoms. The first-order valence-electron chi connectivity index (χ1n) is 9.41. The zero-order valence-corrected chi connectivity index (χ0v) is 15.1. The van der Waals surface area contributed by atoms with Crippen molar-refractivity contribution in [2.45, 2.75) is 31.7 Å². The monoisotopic (exact) mass is 358 g/mol. The van der Waals surface area contributed by atoms with Gasteiger partial charge in [0.05, 0.1) is 0 Å². The molecular formula is C23H22N2O2. The van der Waals surface area contributed by atoms with Crippen molar-refractivity contribution in [1.82, 2.24) is 5.32 Å². The summed E-state index contributed by atoms with van der Waals surface area (Å²) in [6.45, 7) is 0. The average molecular weight is 358 g/mol. The SMILES string of the molecule is O=C(NC1CCCC1)c1ccc(NC(=O)c2cccc3ccccc23)cc1. The van der Waals surface area contributed by atoms with Crippen LogP contribution < -0.4 is 10.6 Å². The lowest BCUT2D eigenvalue weighted by Gasteiger charge is -2.12. The number of hydrogen-bond donors (Lipinski definition) is 2. The molecule has 1 saturated carbocycles. The van der Waals surface area contributed by atoms with Crippen LogP contribution in [0.5, 0.6) is 0 Å². The summed E-state index contributed by atoms with van der Waals surface area (Å²) in [5.41, 5.74) is 1.92. The minimum absolute atomic E-state index is 0.0474. The molecule has 1 aliphatic carbocycles. The molecule has 0 aliphatic heterocycles. The van der Waals surface area contributed by atoms with Gasteiger partial charge in [-0.1, -0.05) is 49.2 Å². The molecule has 3 aromatic rings. The first kappa shape index (κ1) is 17.3. The summed E-state index contributed by atoms with van der Waals surface area (Å²) in [5, 5.41) is 7.95. The molecule has 0 aromatic heterocycles. The Morgan fingerprint density at radius 1 is 0.778 bits per heavy atom. The summed E-state index contributed by atoms with van der Waals surface area (Å²) >= 11 is 0. The van der Waals surface area contributed by atoms with Crippen molar-refractivity contribution in [2.75, 3.05) is 5.32 Å². The molecule has 0 atom stereocenters. The molecule has 27 heavy (non-hydrogen) atoms. The van der Waals surface area contributed by atoms with E-state index in [0.717, 1.165) is 23.6 Å². The summed E-state index contributed by atoms with van der Waals surface area (Å²) in [7, 11) is 0. The van der Waals surface area contributed by atoms with Crippen LogP contribution in [0.3, 0.4) is 0 Å². The highest BCUT2D eigenvalue weighted by molar-refractivity contribution is 6.13. The fraction of sp³-hybridized carbons (Fsp3) is 0.217. The summed E-state index contributed by atoms with van der Waals surface area (Å²) in [4.78, 5) is 25.0. The smallest absolute Gasteiger partial charge is 0.256 e. The van der Waals surface area contributed by atoms with E-state index in [9.17, 15) is 9.59 Å². The molecule has 0 heterocycles. The Morgan fingerprint density at radius 2 is 1.48 bits per heavy atom. The zero-order valence-electron chi connectivity index (χ0n) is 15.1. The number of benzene rings is 3. The van der Waals surface area contributed by atoms with Crippen LogP contribution >= 0.6 is 0 Å². The lowest BCUT2D eigenvalue weighted by molar-refractivity contribution is 0.0937. The summed E-state index contributed by atoms with van der Waals surface area (Å²) < 4.78 is 0. The van der Waals surface area contributed by atoms with Crippen molar-refractivity contribution >= 4 is 28.3 Å². The van der Waals surface area contributed by atoms with Crippen LogP contribution in [-0.4, -0.2) is 17.9 Å².